The molecule has 29 heavy (non-hydrogen) atoms. The van der Waals surface area contributed by atoms with Gasteiger partial charge in [0.05, 0.1) is 27.4 Å². The number of carbonyl (C=O) groups excluding carboxylic acids is 1. The second-order valence-electron chi connectivity index (χ2n) is 7.19. The monoisotopic (exact) mass is 452 g/mol. The number of amides is 1. The zero-order chi connectivity index (χ0) is 21.2. The van der Waals surface area contributed by atoms with E-state index in [0.29, 0.717) is 11.1 Å². The van der Waals surface area contributed by atoms with Crippen LogP contribution in [0.3, 0.4) is 0 Å². The summed E-state index contributed by atoms with van der Waals surface area (Å²) in [7, 11) is -3.81. The maximum absolute atomic E-state index is 13.1. The Labute approximate surface area is 181 Å². The number of rotatable bonds is 5. The Bertz CT molecular complexity index is 1020. The van der Waals surface area contributed by atoms with E-state index in [1.165, 1.54) is 24.5 Å². The summed E-state index contributed by atoms with van der Waals surface area (Å²) >= 11 is 12.1. The van der Waals surface area contributed by atoms with Crippen molar-refractivity contribution in [2.75, 3.05) is 0 Å². The van der Waals surface area contributed by atoms with Gasteiger partial charge in [-0.05, 0) is 49.9 Å². The predicted octanol–water partition coefficient (Wildman–Crippen LogP) is 4.93. The van der Waals surface area contributed by atoms with Crippen LogP contribution in [0.4, 0.5) is 0 Å². The molecule has 0 aliphatic carbocycles. The summed E-state index contributed by atoms with van der Waals surface area (Å²) in [5.41, 5.74) is 0.746. The molecular weight excluding hydrogens is 431 g/mol. The lowest BCUT2D eigenvalue weighted by atomic mass is 9.95. The number of halogens is 2. The van der Waals surface area contributed by atoms with Crippen LogP contribution in [0.15, 0.2) is 54.2 Å². The van der Waals surface area contributed by atoms with Crippen molar-refractivity contribution >= 4 is 38.9 Å². The largest absolute Gasteiger partial charge is 0.329 e. The van der Waals surface area contributed by atoms with E-state index in [1.807, 2.05) is 6.92 Å². The molecule has 2 atom stereocenters. The Hall–Kier alpha value is -1.89. The minimum atomic E-state index is -3.81. The molecule has 1 saturated heterocycles. The molecule has 0 N–H and O–H groups in total. The van der Waals surface area contributed by atoms with Gasteiger partial charge in [-0.2, -0.15) is 0 Å². The summed E-state index contributed by atoms with van der Waals surface area (Å²) in [4.78, 5) is 18.9. The molecule has 1 aliphatic heterocycles. The van der Waals surface area contributed by atoms with Crippen molar-refractivity contribution in [1.82, 2.24) is 9.88 Å². The average molecular weight is 453 g/mol. The molecule has 2 heterocycles. The van der Waals surface area contributed by atoms with E-state index >= 15 is 0 Å². The highest BCUT2D eigenvalue weighted by Crippen LogP contribution is 2.32. The maximum Gasteiger partial charge on any atom is 0.256 e. The first kappa shape index (κ1) is 21.8. The lowest BCUT2D eigenvalue weighted by Crippen LogP contribution is -2.48. The zero-order valence-electron chi connectivity index (χ0n) is 16.0. The molecule has 2 aromatic rings. The molecule has 0 spiro atoms. The van der Waals surface area contributed by atoms with E-state index in [4.69, 9.17) is 23.2 Å². The second kappa shape index (κ2) is 8.86. The number of pyridine rings is 1. The average Bonchev–Trinajstić information content (AvgIpc) is 2.66. The topological polar surface area (TPSA) is 67.3 Å². The fourth-order valence-electron chi connectivity index (χ4n) is 3.71. The van der Waals surface area contributed by atoms with Crippen LogP contribution < -0.4 is 0 Å². The quantitative estimate of drug-likeness (QED) is 0.602. The van der Waals surface area contributed by atoms with Gasteiger partial charge in [-0.25, -0.2) is 8.42 Å². The third-order valence-corrected chi connectivity index (χ3v) is 7.72. The highest BCUT2D eigenvalue weighted by atomic mass is 35.5. The Balaban J connectivity index is 1.90. The normalized spacial score (nSPS) is 19.8. The molecule has 8 heteroatoms. The molecule has 154 valence electrons. The maximum atomic E-state index is 13.1. The fraction of sp³-hybridized carbons (Fsp3) is 0.333. The number of nitrogens with zero attached hydrogens (tertiary/aromatic N) is 2. The van der Waals surface area contributed by atoms with Crippen molar-refractivity contribution in [3.8, 4) is 0 Å². The van der Waals surface area contributed by atoms with E-state index in [9.17, 15) is 13.2 Å². The van der Waals surface area contributed by atoms with Gasteiger partial charge < -0.3 is 4.90 Å². The van der Waals surface area contributed by atoms with Gasteiger partial charge in [0.25, 0.3) is 5.91 Å². The Morgan fingerprint density at radius 2 is 1.97 bits per heavy atom. The van der Waals surface area contributed by atoms with Gasteiger partial charge in [-0.1, -0.05) is 35.3 Å². The van der Waals surface area contributed by atoms with Gasteiger partial charge in [0.15, 0.2) is 9.84 Å². The van der Waals surface area contributed by atoms with Gasteiger partial charge >= 0.3 is 0 Å². The highest BCUT2D eigenvalue weighted by molar-refractivity contribution is 7.90. The van der Waals surface area contributed by atoms with Crippen LogP contribution in [-0.4, -0.2) is 36.3 Å². The number of likely N-dealkylation sites (tertiary alicyclic amines) is 1. The number of benzene rings is 1. The van der Waals surface area contributed by atoms with E-state index < -0.39 is 9.84 Å². The van der Waals surface area contributed by atoms with E-state index in [2.05, 4.69) is 11.6 Å². The molecule has 1 fully saturated rings. The first-order valence-corrected chi connectivity index (χ1v) is 11.7. The number of aromatic nitrogens is 1. The standard InChI is InChI=1S/C21H22Cl2N2O3S/c1-3-17-7-4-6-14(2)25(17)21(26)16-10-15(11-24-12-16)13-29(27,28)20-18(22)8-5-9-19(20)23/h3,5,8-12,14,17H,1,4,6-7,13H2,2H3/t14-,17+/m0/s1. The minimum absolute atomic E-state index is 0.0411. The van der Waals surface area contributed by atoms with Crippen molar-refractivity contribution in [3.05, 3.63) is 70.5 Å². The number of hydrogen-bond acceptors (Lipinski definition) is 4. The first-order valence-electron chi connectivity index (χ1n) is 9.30. The van der Waals surface area contributed by atoms with Crippen LogP contribution in [0.2, 0.25) is 10.0 Å². The van der Waals surface area contributed by atoms with Crippen LogP contribution in [0.25, 0.3) is 0 Å². The van der Waals surface area contributed by atoms with Crippen molar-refractivity contribution in [1.29, 1.82) is 0 Å². The molecule has 1 aromatic carbocycles. The lowest BCUT2D eigenvalue weighted by Gasteiger charge is -2.39. The molecule has 0 saturated carbocycles. The second-order valence-corrected chi connectivity index (χ2v) is 9.93. The summed E-state index contributed by atoms with van der Waals surface area (Å²) in [6, 6.07) is 6.14. The number of piperidine rings is 1. The number of sulfone groups is 1. The molecule has 0 unspecified atom stereocenters. The van der Waals surface area contributed by atoms with Crippen LogP contribution in [0, 0.1) is 0 Å². The summed E-state index contributed by atoms with van der Waals surface area (Å²) < 4.78 is 25.7. The molecule has 3 rings (SSSR count). The number of carbonyl (C=O) groups is 1. The summed E-state index contributed by atoms with van der Waals surface area (Å²) in [5.74, 6) is -0.532. The third-order valence-electron chi connectivity index (χ3n) is 5.09. The highest BCUT2D eigenvalue weighted by Gasteiger charge is 2.31. The van der Waals surface area contributed by atoms with Gasteiger partial charge in [-0.3, -0.25) is 9.78 Å². The summed E-state index contributed by atoms with van der Waals surface area (Å²) in [6.45, 7) is 5.86. The van der Waals surface area contributed by atoms with Gasteiger partial charge in [0, 0.05) is 18.4 Å². The zero-order valence-corrected chi connectivity index (χ0v) is 18.3. The van der Waals surface area contributed by atoms with Crippen molar-refractivity contribution in [2.45, 2.75) is 48.9 Å². The molecule has 1 aromatic heterocycles. The van der Waals surface area contributed by atoms with Crippen molar-refractivity contribution < 1.29 is 13.2 Å². The SMILES string of the molecule is C=C[C@@H]1CCC[C@H](C)N1C(=O)c1cncc(CS(=O)(=O)c2c(Cl)cccc2Cl)c1. The van der Waals surface area contributed by atoms with Crippen LogP contribution in [0.5, 0.6) is 0 Å². The van der Waals surface area contributed by atoms with Gasteiger partial charge in [-0.15, -0.1) is 6.58 Å². The molecular formula is C21H22Cl2N2O3S. The third kappa shape index (κ3) is 4.65. The van der Waals surface area contributed by atoms with Gasteiger partial charge in [0.1, 0.15) is 4.90 Å². The van der Waals surface area contributed by atoms with E-state index in [0.717, 1.165) is 19.3 Å². The molecule has 1 amide bonds. The number of hydrogen-bond donors (Lipinski definition) is 0. The predicted molar refractivity (Wildman–Crippen MR) is 115 cm³/mol. The summed E-state index contributed by atoms with van der Waals surface area (Å²) in [6.07, 6.45) is 7.51. The fourth-order valence-corrected chi connectivity index (χ4v) is 6.29. The molecule has 0 radical (unpaired) electrons. The first-order chi connectivity index (χ1) is 13.7. The van der Waals surface area contributed by atoms with Crippen LogP contribution >= 0.6 is 23.2 Å². The summed E-state index contributed by atoms with van der Waals surface area (Å²) in [5, 5.41) is 0.127. The van der Waals surface area contributed by atoms with Gasteiger partial charge in [0.2, 0.25) is 0 Å². The van der Waals surface area contributed by atoms with Crippen molar-refractivity contribution in [3.63, 3.8) is 0 Å². The van der Waals surface area contributed by atoms with Crippen molar-refractivity contribution in [2.24, 2.45) is 0 Å². The smallest absolute Gasteiger partial charge is 0.256 e. The Morgan fingerprint density at radius 3 is 2.62 bits per heavy atom. The molecule has 0 bridgehead atoms. The van der Waals surface area contributed by atoms with Crippen LogP contribution in [0.1, 0.15) is 42.1 Å². The Kier molecular flexibility index (Phi) is 6.66. The van der Waals surface area contributed by atoms with Crippen LogP contribution in [-0.2, 0) is 15.6 Å². The Morgan fingerprint density at radius 1 is 1.28 bits per heavy atom. The molecule has 5 nitrogen and oxygen atoms in total. The van der Waals surface area contributed by atoms with E-state index in [-0.39, 0.29) is 38.7 Å². The molecule has 1 aliphatic rings. The van der Waals surface area contributed by atoms with E-state index in [1.54, 1.807) is 23.1 Å². The minimum Gasteiger partial charge on any atom is -0.329 e. The lowest BCUT2D eigenvalue weighted by molar-refractivity contribution is 0.0550.